The number of hydrogen-bond donors (Lipinski definition) is 1. The average Bonchev–Trinajstić information content (AvgIpc) is 2.26. The molecule has 1 aromatic rings. The molecule has 0 amide bonds. The van der Waals surface area contributed by atoms with Gasteiger partial charge in [0.15, 0.2) is 0 Å². The van der Waals surface area contributed by atoms with Crippen LogP contribution in [0.5, 0.6) is 5.75 Å². The second-order valence-corrected chi connectivity index (χ2v) is 2.86. The van der Waals surface area contributed by atoms with Crippen LogP contribution < -0.4 is 4.74 Å². The first kappa shape index (κ1) is 10.7. The molecule has 0 saturated carbocycles. The van der Waals surface area contributed by atoms with Crippen molar-refractivity contribution in [2.75, 3.05) is 13.7 Å². The minimum absolute atomic E-state index is 0.483. The standard InChI is InChI=1S/C11H13FO2/c1-14-11-6-3-9(4-7-11)2-5-10(12)8-13/h3-7,13H,2,8H2,1H3/b10-5+. The van der Waals surface area contributed by atoms with Crippen LogP contribution in [-0.2, 0) is 6.42 Å². The summed E-state index contributed by atoms with van der Waals surface area (Å²) in [6, 6.07) is 7.36. The van der Waals surface area contributed by atoms with Crippen LogP contribution in [0.3, 0.4) is 0 Å². The molecule has 1 N–H and O–H groups in total. The highest BCUT2D eigenvalue weighted by Gasteiger charge is 1.94. The molecular formula is C11H13FO2. The molecule has 76 valence electrons. The molecule has 0 atom stereocenters. The van der Waals surface area contributed by atoms with E-state index in [0.29, 0.717) is 6.42 Å². The first-order valence-corrected chi connectivity index (χ1v) is 4.34. The van der Waals surface area contributed by atoms with Crippen LogP contribution in [0.25, 0.3) is 0 Å². The molecule has 0 aliphatic heterocycles. The Labute approximate surface area is 82.6 Å². The minimum Gasteiger partial charge on any atom is -0.497 e. The number of methoxy groups -OCH3 is 1. The quantitative estimate of drug-likeness (QED) is 0.798. The number of allylic oxidation sites excluding steroid dienone is 1. The van der Waals surface area contributed by atoms with E-state index in [2.05, 4.69) is 0 Å². The summed E-state index contributed by atoms with van der Waals surface area (Å²) in [5.74, 6) is 0.279. The van der Waals surface area contributed by atoms with Crippen molar-refractivity contribution in [2.45, 2.75) is 6.42 Å². The third-order valence-electron chi connectivity index (χ3n) is 1.87. The zero-order valence-corrected chi connectivity index (χ0v) is 8.03. The van der Waals surface area contributed by atoms with Gasteiger partial charge in [-0.2, -0.15) is 0 Å². The van der Waals surface area contributed by atoms with Gasteiger partial charge in [0.2, 0.25) is 0 Å². The van der Waals surface area contributed by atoms with Gasteiger partial charge in [-0.3, -0.25) is 0 Å². The van der Waals surface area contributed by atoms with Gasteiger partial charge < -0.3 is 9.84 Å². The van der Waals surface area contributed by atoms with Crippen molar-refractivity contribution in [1.29, 1.82) is 0 Å². The average molecular weight is 196 g/mol. The summed E-state index contributed by atoms with van der Waals surface area (Å²) in [4.78, 5) is 0. The fourth-order valence-electron chi connectivity index (χ4n) is 1.05. The molecule has 0 aromatic heterocycles. The largest absolute Gasteiger partial charge is 0.497 e. The van der Waals surface area contributed by atoms with E-state index in [9.17, 15) is 4.39 Å². The van der Waals surface area contributed by atoms with Gasteiger partial charge in [0.05, 0.1) is 13.7 Å². The molecule has 0 unspecified atom stereocenters. The molecule has 0 saturated heterocycles. The lowest BCUT2D eigenvalue weighted by molar-refractivity contribution is 0.297. The summed E-state index contributed by atoms with van der Waals surface area (Å²) < 4.78 is 17.5. The molecular weight excluding hydrogens is 183 g/mol. The van der Waals surface area contributed by atoms with Crippen molar-refractivity contribution < 1.29 is 14.2 Å². The Balaban J connectivity index is 2.60. The highest BCUT2D eigenvalue weighted by Crippen LogP contribution is 2.12. The number of halogens is 1. The third-order valence-corrected chi connectivity index (χ3v) is 1.87. The highest BCUT2D eigenvalue weighted by molar-refractivity contribution is 5.28. The van der Waals surface area contributed by atoms with Crippen molar-refractivity contribution in [3.63, 3.8) is 0 Å². The van der Waals surface area contributed by atoms with Gasteiger partial charge in [-0.1, -0.05) is 12.1 Å². The van der Waals surface area contributed by atoms with Gasteiger partial charge in [-0.25, -0.2) is 4.39 Å². The number of aliphatic hydroxyl groups is 1. The van der Waals surface area contributed by atoms with Gasteiger partial charge in [-0.15, -0.1) is 0 Å². The summed E-state index contributed by atoms with van der Waals surface area (Å²) in [5, 5.41) is 8.43. The summed E-state index contributed by atoms with van der Waals surface area (Å²) in [6.45, 7) is -0.532. The van der Waals surface area contributed by atoms with Crippen molar-refractivity contribution in [3.8, 4) is 5.75 Å². The lowest BCUT2D eigenvalue weighted by Crippen LogP contribution is -1.87. The maximum absolute atomic E-state index is 12.5. The first-order valence-electron chi connectivity index (χ1n) is 4.34. The summed E-state index contributed by atoms with van der Waals surface area (Å²) in [6.07, 6.45) is 1.85. The molecule has 2 nitrogen and oxygen atoms in total. The van der Waals surface area contributed by atoms with Gasteiger partial charge in [0, 0.05) is 0 Å². The predicted octanol–water partition coefficient (Wildman–Crippen LogP) is 2.08. The molecule has 0 bridgehead atoms. The van der Waals surface area contributed by atoms with E-state index in [1.54, 1.807) is 7.11 Å². The fourth-order valence-corrected chi connectivity index (χ4v) is 1.05. The highest BCUT2D eigenvalue weighted by atomic mass is 19.1. The van der Waals surface area contributed by atoms with E-state index < -0.39 is 12.4 Å². The zero-order chi connectivity index (χ0) is 10.4. The smallest absolute Gasteiger partial charge is 0.122 e. The molecule has 0 aliphatic carbocycles. The van der Waals surface area contributed by atoms with Gasteiger partial charge in [0.1, 0.15) is 11.6 Å². The van der Waals surface area contributed by atoms with Crippen LogP contribution in [-0.4, -0.2) is 18.8 Å². The number of ether oxygens (including phenoxy) is 1. The van der Waals surface area contributed by atoms with Gasteiger partial charge in [-0.05, 0) is 30.2 Å². The molecule has 1 rings (SSSR count). The van der Waals surface area contributed by atoms with Crippen LogP contribution in [0.1, 0.15) is 5.56 Å². The Bertz CT molecular complexity index is 304. The summed E-state index contributed by atoms with van der Waals surface area (Å²) in [5.41, 5.74) is 0.981. The monoisotopic (exact) mass is 196 g/mol. The normalized spacial score (nSPS) is 11.5. The van der Waals surface area contributed by atoms with Crippen LogP contribution in [0.4, 0.5) is 4.39 Å². The predicted molar refractivity (Wildman–Crippen MR) is 53.0 cm³/mol. The van der Waals surface area contributed by atoms with E-state index in [4.69, 9.17) is 9.84 Å². The second-order valence-electron chi connectivity index (χ2n) is 2.86. The SMILES string of the molecule is COc1ccc(C/C=C(/F)CO)cc1. The van der Waals surface area contributed by atoms with Crippen LogP contribution >= 0.6 is 0 Å². The zero-order valence-electron chi connectivity index (χ0n) is 8.03. The number of benzene rings is 1. The molecule has 14 heavy (non-hydrogen) atoms. The lowest BCUT2D eigenvalue weighted by Gasteiger charge is -2.00. The maximum atomic E-state index is 12.5. The lowest BCUT2D eigenvalue weighted by atomic mass is 10.1. The van der Waals surface area contributed by atoms with Crippen LogP contribution in [0.2, 0.25) is 0 Å². The molecule has 0 spiro atoms. The van der Waals surface area contributed by atoms with E-state index in [1.165, 1.54) is 6.08 Å². The second kappa shape index (κ2) is 5.40. The summed E-state index contributed by atoms with van der Waals surface area (Å²) >= 11 is 0. The fraction of sp³-hybridized carbons (Fsp3) is 0.273. The Kier molecular flexibility index (Phi) is 4.13. The molecule has 3 heteroatoms. The number of rotatable bonds is 4. The van der Waals surface area contributed by atoms with Gasteiger partial charge in [0.25, 0.3) is 0 Å². The Morgan fingerprint density at radius 3 is 2.57 bits per heavy atom. The molecule has 1 aromatic carbocycles. The van der Waals surface area contributed by atoms with Crippen LogP contribution in [0, 0.1) is 0 Å². The Morgan fingerprint density at radius 1 is 1.43 bits per heavy atom. The minimum atomic E-state index is -0.532. The Hall–Kier alpha value is -1.35. The molecule has 0 aliphatic rings. The summed E-state index contributed by atoms with van der Waals surface area (Å²) in [7, 11) is 1.60. The van der Waals surface area contributed by atoms with E-state index in [1.807, 2.05) is 24.3 Å². The van der Waals surface area contributed by atoms with E-state index in [-0.39, 0.29) is 0 Å². The maximum Gasteiger partial charge on any atom is 0.122 e. The molecule has 0 heterocycles. The number of aliphatic hydroxyl groups excluding tert-OH is 1. The Morgan fingerprint density at radius 2 is 2.07 bits per heavy atom. The van der Waals surface area contributed by atoms with Crippen molar-refractivity contribution in [3.05, 3.63) is 41.7 Å². The van der Waals surface area contributed by atoms with Crippen molar-refractivity contribution >= 4 is 0 Å². The molecule has 0 radical (unpaired) electrons. The number of hydrogen-bond acceptors (Lipinski definition) is 2. The van der Waals surface area contributed by atoms with Gasteiger partial charge >= 0.3 is 0 Å². The van der Waals surface area contributed by atoms with Crippen molar-refractivity contribution in [2.24, 2.45) is 0 Å². The van der Waals surface area contributed by atoms with E-state index in [0.717, 1.165) is 11.3 Å². The van der Waals surface area contributed by atoms with Crippen molar-refractivity contribution in [1.82, 2.24) is 0 Å². The topological polar surface area (TPSA) is 29.5 Å². The van der Waals surface area contributed by atoms with Crippen LogP contribution in [0.15, 0.2) is 36.2 Å². The third kappa shape index (κ3) is 3.18. The van der Waals surface area contributed by atoms with E-state index >= 15 is 0 Å². The molecule has 0 fully saturated rings. The first-order chi connectivity index (χ1) is 6.76.